The van der Waals surface area contributed by atoms with E-state index in [2.05, 4.69) is 4.98 Å². The van der Waals surface area contributed by atoms with Crippen molar-refractivity contribution in [2.75, 3.05) is 18.1 Å². The minimum absolute atomic E-state index is 0.00196. The molecular weight excluding hydrogens is 234 g/mol. The third kappa shape index (κ3) is 3.40. The summed E-state index contributed by atoms with van der Waals surface area (Å²) in [5.41, 5.74) is 0.776. The fourth-order valence-corrected chi connectivity index (χ4v) is 1.80. The molecule has 100 valence electrons. The average Bonchev–Trinajstić information content (AvgIpc) is 2.30. The molecule has 6 heteroatoms. The summed E-state index contributed by atoms with van der Waals surface area (Å²) in [6, 6.07) is 1.75. The van der Waals surface area contributed by atoms with Crippen LogP contribution in [0.3, 0.4) is 0 Å². The molecule has 1 aromatic rings. The van der Waals surface area contributed by atoms with Gasteiger partial charge in [0.2, 0.25) is 0 Å². The van der Waals surface area contributed by atoms with Gasteiger partial charge < -0.3 is 10.0 Å². The van der Waals surface area contributed by atoms with Crippen molar-refractivity contribution >= 4 is 11.5 Å². The molecule has 0 aliphatic rings. The molecule has 0 aliphatic carbocycles. The fourth-order valence-electron chi connectivity index (χ4n) is 1.80. The number of aliphatic hydroxyl groups excluding tert-OH is 1. The molecule has 0 bridgehead atoms. The molecule has 0 amide bonds. The molecule has 0 aromatic carbocycles. The zero-order chi connectivity index (χ0) is 13.7. The van der Waals surface area contributed by atoms with Gasteiger partial charge in [0.15, 0.2) is 0 Å². The van der Waals surface area contributed by atoms with E-state index in [4.69, 9.17) is 5.11 Å². The Morgan fingerprint density at radius 2 is 2.22 bits per heavy atom. The quantitative estimate of drug-likeness (QED) is 0.618. The van der Waals surface area contributed by atoms with Gasteiger partial charge in [-0.05, 0) is 32.8 Å². The summed E-state index contributed by atoms with van der Waals surface area (Å²) in [6.45, 7) is 6.67. The van der Waals surface area contributed by atoms with Gasteiger partial charge in [-0.1, -0.05) is 0 Å². The minimum Gasteiger partial charge on any atom is -0.396 e. The maximum Gasteiger partial charge on any atom is 0.287 e. The molecule has 1 rings (SSSR count). The highest BCUT2D eigenvalue weighted by molar-refractivity contribution is 5.51. The Balaban J connectivity index is 3.01. The number of hydrogen-bond acceptors (Lipinski definition) is 5. The topological polar surface area (TPSA) is 79.5 Å². The van der Waals surface area contributed by atoms with Gasteiger partial charge in [0.25, 0.3) is 5.69 Å². The maximum atomic E-state index is 10.7. The Labute approximate surface area is 106 Å². The largest absolute Gasteiger partial charge is 0.396 e. The summed E-state index contributed by atoms with van der Waals surface area (Å²) in [4.78, 5) is 16.4. The first-order valence-corrected chi connectivity index (χ1v) is 5.96. The Bertz CT molecular complexity index is 421. The molecule has 1 aromatic heterocycles. The van der Waals surface area contributed by atoms with Crippen molar-refractivity contribution in [1.82, 2.24) is 4.98 Å². The highest BCUT2D eigenvalue weighted by atomic mass is 16.6. The van der Waals surface area contributed by atoms with Gasteiger partial charge in [0.1, 0.15) is 12.0 Å². The molecule has 6 nitrogen and oxygen atoms in total. The van der Waals surface area contributed by atoms with E-state index in [1.165, 1.54) is 12.3 Å². The van der Waals surface area contributed by atoms with E-state index in [0.717, 1.165) is 11.4 Å². The van der Waals surface area contributed by atoms with Crippen LogP contribution >= 0.6 is 0 Å². The number of nitrogens with zero attached hydrogens (tertiary/aromatic N) is 3. The molecule has 0 radical (unpaired) electrons. The zero-order valence-corrected chi connectivity index (χ0v) is 11.0. The van der Waals surface area contributed by atoms with Gasteiger partial charge in [0.05, 0.1) is 4.92 Å². The van der Waals surface area contributed by atoms with Crippen LogP contribution in [-0.2, 0) is 0 Å². The normalized spacial score (nSPS) is 10.7. The predicted molar refractivity (Wildman–Crippen MR) is 69.8 cm³/mol. The fraction of sp³-hybridized carbons (Fsp3) is 0.583. The molecule has 1 heterocycles. The lowest BCUT2D eigenvalue weighted by Crippen LogP contribution is -2.33. The van der Waals surface area contributed by atoms with E-state index in [0.29, 0.717) is 13.0 Å². The Morgan fingerprint density at radius 3 is 2.67 bits per heavy atom. The average molecular weight is 253 g/mol. The number of aryl methyl sites for hydroxylation is 1. The van der Waals surface area contributed by atoms with Crippen LogP contribution in [0.1, 0.15) is 25.8 Å². The van der Waals surface area contributed by atoms with E-state index in [9.17, 15) is 10.1 Å². The molecule has 0 spiro atoms. The standard InChI is InChI=1S/C12H19N3O3/c1-9(2)14(5-4-6-16)12-10(3)7-11(8-13-12)15(17)18/h7-9,16H,4-6H2,1-3H3. The van der Waals surface area contributed by atoms with Crippen LogP contribution in [-0.4, -0.2) is 34.2 Å². The molecule has 0 fully saturated rings. The molecule has 0 unspecified atom stereocenters. The molecule has 1 N–H and O–H groups in total. The van der Waals surface area contributed by atoms with Gasteiger partial charge in [0, 0.05) is 25.3 Å². The van der Waals surface area contributed by atoms with E-state index >= 15 is 0 Å². The highest BCUT2D eigenvalue weighted by Crippen LogP contribution is 2.23. The van der Waals surface area contributed by atoms with Crippen molar-refractivity contribution < 1.29 is 10.0 Å². The van der Waals surface area contributed by atoms with Crippen LogP contribution in [0.2, 0.25) is 0 Å². The third-order valence-electron chi connectivity index (χ3n) is 2.70. The summed E-state index contributed by atoms with van der Waals surface area (Å²) in [6.07, 6.45) is 1.92. The number of rotatable bonds is 6. The first kappa shape index (κ1) is 14.4. The lowest BCUT2D eigenvalue weighted by molar-refractivity contribution is -0.385. The molecule has 18 heavy (non-hydrogen) atoms. The van der Waals surface area contributed by atoms with Crippen molar-refractivity contribution in [2.45, 2.75) is 33.2 Å². The van der Waals surface area contributed by atoms with E-state index in [-0.39, 0.29) is 18.3 Å². The molecular formula is C12H19N3O3. The maximum absolute atomic E-state index is 10.7. The second-order valence-electron chi connectivity index (χ2n) is 4.46. The van der Waals surface area contributed by atoms with Crippen molar-refractivity contribution in [2.24, 2.45) is 0 Å². The Morgan fingerprint density at radius 1 is 1.56 bits per heavy atom. The summed E-state index contributed by atoms with van der Waals surface area (Å²) >= 11 is 0. The number of nitro groups is 1. The van der Waals surface area contributed by atoms with Gasteiger partial charge in [-0.25, -0.2) is 4.98 Å². The van der Waals surface area contributed by atoms with Gasteiger partial charge >= 0.3 is 0 Å². The van der Waals surface area contributed by atoms with Crippen LogP contribution in [0, 0.1) is 17.0 Å². The molecule has 0 saturated heterocycles. The van der Waals surface area contributed by atoms with Crippen molar-refractivity contribution in [3.8, 4) is 0 Å². The summed E-state index contributed by atoms with van der Waals surface area (Å²) in [7, 11) is 0. The van der Waals surface area contributed by atoms with Crippen LogP contribution in [0.15, 0.2) is 12.3 Å². The lowest BCUT2D eigenvalue weighted by Gasteiger charge is -2.28. The Kier molecular flexibility index (Phi) is 5.03. The number of aromatic nitrogens is 1. The number of anilines is 1. The van der Waals surface area contributed by atoms with E-state index in [1.807, 2.05) is 25.7 Å². The SMILES string of the molecule is Cc1cc([N+](=O)[O-])cnc1N(CCCO)C(C)C. The zero-order valence-electron chi connectivity index (χ0n) is 11.0. The second-order valence-corrected chi connectivity index (χ2v) is 4.46. The van der Waals surface area contributed by atoms with Crippen molar-refractivity contribution in [3.63, 3.8) is 0 Å². The van der Waals surface area contributed by atoms with Crippen LogP contribution in [0.4, 0.5) is 11.5 Å². The highest BCUT2D eigenvalue weighted by Gasteiger charge is 2.16. The van der Waals surface area contributed by atoms with Crippen molar-refractivity contribution in [1.29, 1.82) is 0 Å². The van der Waals surface area contributed by atoms with Gasteiger partial charge in [-0.15, -0.1) is 0 Å². The molecule has 0 aliphatic heterocycles. The second kappa shape index (κ2) is 6.30. The molecule has 0 atom stereocenters. The van der Waals surface area contributed by atoms with E-state index < -0.39 is 4.92 Å². The first-order valence-electron chi connectivity index (χ1n) is 5.96. The van der Waals surface area contributed by atoms with Gasteiger partial charge in [-0.2, -0.15) is 0 Å². The lowest BCUT2D eigenvalue weighted by atomic mass is 10.2. The first-order chi connectivity index (χ1) is 8.47. The summed E-state index contributed by atoms with van der Waals surface area (Å²) in [5.74, 6) is 0.740. The summed E-state index contributed by atoms with van der Waals surface area (Å²) < 4.78 is 0. The van der Waals surface area contributed by atoms with E-state index in [1.54, 1.807) is 0 Å². The molecule has 0 saturated carbocycles. The van der Waals surface area contributed by atoms with Gasteiger partial charge in [-0.3, -0.25) is 10.1 Å². The van der Waals surface area contributed by atoms with Crippen LogP contribution in [0.5, 0.6) is 0 Å². The minimum atomic E-state index is -0.447. The Hall–Kier alpha value is -1.69. The van der Waals surface area contributed by atoms with Crippen molar-refractivity contribution in [3.05, 3.63) is 27.9 Å². The van der Waals surface area contributed by atoms with Crippen LogP contribution in [0.25, 0.3) is 0 Å². The summed E-state index contributed by atoms with van der Waals surface area (Å²) in [5, 5.41) is 19.6. The number of aliphatic hydroxyl groups is 1. The van der Waals surface area contributed by atoms with Crippen LogP contribution < -0.4 is 4.90 Å². The predicted octanol–water partition coefficient (Wildman–Crippen LogP) is 1.90. The smallest absolute Gasteiger partial charge is 0.287 e. The number of pyridine rings is 1. The third-order valence-corrected chi connectivity index (χ3v) is 2.70. The number of hydrogen-bond donors (Lipinski definition) is 1. The monoisotopic (exact) mass is 253 g/mol.